The molecule has 2 aromatic carbocycles. The predicted octanol–water partition coefficient (Wildman–Crippen LogP) is 2.66. The maximum Gasteiger partial charge on any atom is 0.251 e. The minimum atomic E-state index is -0.246. The molecule has 0 bridgehead atoms. The van der Waals surface area contributed by atoms with E-state index < -0.39 is 0 Å². The standard InChI is InChI=1S/C29H40N8O4/c30-13-15-40-17-18-41-16-14-31-26(39)22-7-4-8-24(19-22)34-29-36-27(32-20-21-5-2-1-3-6-21)35-28(37-29)33-23-9-11-25(38)12-10-23/h1-8,19,23,25,38H,9-18,20,30H2,(H,31,39)(H3,32,33,34,35,36,37). The largest absolute Gasteiger partial charge is 0.393 e. The molecule has 1 saturated carbocycles. The van der Waals surface area contributed by atoms with Gasteiger partial charge in [-0.3, -0.25) is 4.79 Å². The fourth-order valence-corrected chi connectivity index (χ4v) is 4.37. The molecule has 1 heterocycles. The Bertz CT molecular complexity index is 1210. The topological polar surface area (TPSA) is 169 Å². The van der Waals surface area contributed by atoms with Crippen LogP contribution in [0.5, 0.6) is 0 Å². The third-order valence-corrected chi connectivity index (χ3v) is 6.51. The summed E-state index contributed by atoms with van der Waals surface area (Å²) >= 11 is 0. The van der Waals surface area contributed by atoms with E-state index in [9.17, 15) is 9.90 Å². The number of hydrogen-bond acceptors (Lipinski definition) is 11. The Morgan fingerprint density at radius 1 is 0.878 bits per heavy atom. The highest BCUT2D eigenvalue weighted by molar-refractivity contribution is 5.95. The maximum absolute atomic E-state index is 12.7. The molecular formula is C29H40N8O4. The minimum Gasteiger partial charge on any atom is -0.393 e. The highest BCUT2D eigenvalue weighted by Crippen LogP contribution is 2.23. The van der Waals surface area contributed by atoms with Crippen LogP contribution >= 0.6 is 0 Å². The molecule has 1 amide bonds. The van der Waals surface area contributed by atoms with Crippen LogP contribution in [0.2, 0.25) is 0 Å². The number of nitrogens with one attached hydrogen (secondary N) is 4. The van der Waals surface area contributed by atoms with E-state index in [4.69, 9.17) is 15.2 Å². The van der Waals surface area contributed by atoms with Gasteiger partial charge in [-0.25, -0.2) is 0 Å². The number of nitrogens with zero attached hydrogens (tertiary/aromatic N) is 3. The molecule has 1 aliphatic carbocycles. The number of nitrogens with two attached hydrogens (primary N) is 1. The molecule has 0 spiro atoms. The van der Waals surface area contributed by atoms with Gasteiger partial charge in [-0.15, -0.1) is 0 Å². The van der Waals surface area contributed by atoms with Crippen molar-refractivity contribution in [3.05, 3.63) is 65.7 Å². The summed E-state index contributed by atoms with van der Waals surface area (Å²) in [7, 11) is 0. The third kappa shape index (κ3) is 10.6. The number of anilines is 4. The van der Waals surface area contributed by atoms with E-state index in [1.165, 1.54) is 0 Å². The molecule has 220 valence electrons. The summed E-state index contributed by atoms with van der Waals surface area (Å²) in [6.07, 6.45) is 2.93. The molecule has 3 aromatic rings. The lowest BCUT2D eigenvalue weighted by Gasteiger charge is -2.26. The van der Waals surface area contributed by atoms with Crippen molar-refractivity contribution in [3.8, 4) is 0 Å². The van der Waals surface area contributed by atoms with Crippen LogP contribution in [0.4, 0.5) is 23.5 Å². The molecule has 0 unspecified atom stereocenters. The van der Waals surface area contributed by atoms with Gasteiger partial charge in [0.05, 0.1) is 32.5 Å². The van der Waals surface area contributed by atoms with Crippen LogP contribution in [0.3, 0.4) is 0 Å². The maximum atomic E-state index is 12.7. The van der Waals surface area contributed by atoms with Crippen molar-refractivity contribution in [3.63, 3.8) is 0 Å². The number of carbonyl (C=O) groups excluding carboxylic acids is 1. The monoisotopic (exact) mass is 564 g/mol. The first kappa shape index (κ1) is 30.1. The highest BCUT2D eigenvalue weighted by atomic mass is 16.5. The fourth-order valence-electron chi connectivity index (χ4n) is 4.37. The van der Waals surface area contributed by atoms with Crippen LogP contribution in [-0.2, 0) is 16.0 Å². The second-order valence-electron chi connectivity index (χ2n) is 9.77. The zero-order chi connectivity index (χ0) is 28.7. The molecule has 12 heteroatoms. The molecule has 0 radical (unpaired) electrons. The fraction of sp³-hybridized carbons (Fsp3) is 0.448. The molecule has 12 nitrogen and oxygen atoms in total. The Kier molecular flexibility index (Phi) is 12.1. The number of carbonyl (C=O) groups is 1. The van der Waals surface area contributed by atoms with Gasteiger partial charge >= 0.3 is 0 Å². The van der Waals surface area contributed by atoms with Crippen molar-refractivity contribution < 1.29 is 19.4 Å². The van der Waals surface area contributed by atoms with E-state index in [-0.39, 0.29) is 18.1 Å². The summed E-state index contributed by atoms with van der Waals surface area (Å²) in [5.41, 5.74) is 7.64. The second-order valence-corrected chi connectivity index (χ2v) is 9.77. The van der Waals surface area contributed by atoms with Crippen LogP contribution in [0.1, 0.15) is 41.6 Å². The van der Waals surface area contributed by atoms with Crippen molar-refractivity contribution >= 4 is 29.4 Å². The molecule has 0 aliphatic heterocycles. The van der Waals surface area contributed by atoms with E-state index in [1.807, 2.05) is 36.4 Å². The number of amides is 1. The smallest absolute Gasteiger partial charge is 0.251 e. The lowest BCUT2D eigenvalue weighted by Crippen LogP contribution is -2.29. The summed E-state index contributed by atoms with van der Waals surface area (Å²) in [4.78, 5) is 26.4. The van der Waals surface area contributed by atoms with Crippen molar-refractivity contribution in [2.45, 2.75) is 44.4 Å². The molecule has 1 aromatic heterocycles. The van der Waals surface area contributed by atoms with Crippen LogP contribution in [0.15, 0.2) is 54.6 Å². The molecule has 0 saturated heterocycles. The van der Waals surface area contributed by atoms with E-state index >= 15 is 0 Å². The van der Waals surface area contributed by atoms with Crippen LogP contribution in [0.25, 0.3) is 0 Å². The lowest BCUT2D eigenvalue weighted by atomic mass is 9.93. The Morgan fingerprint density at radius 2 is 1.61 bits per heavy atom. The quantitative estimate of drug-likeness (QED) is 0.141. The van der Waals surface area contributed by atoms with Crippen molar-refractivity contribution in [2.75, 3.05) is 55.5 Å². The molecule has 4 rings (SSSR count). The van der Waals surface area contributed by atoms with Gasteiger partial charge < -0.3 is 41.6 Å². The van der Waals surface area contributed by atoms with Gasteiger partial charge in [0.1, 0.15) is 0 Å². The zero-order valence-electron chi connectivity index (χ0n) is 23.2. The normalized spacial score (nSPS) is 16.6. The van der Waals surface area contributed by atoms with Gasteiger partial charge in [0.2, 0.25) is 17.8 Å². The number of aliphatic hydroxyl groups excluding tert-OH is 1. The lowest BCUT2D eigenvalue weighted by molar-refractivity contribution is 0.0511. The van der Waals surface area contributed by atoms with Crippen LogP contribution in [0, 0.1) is 0 Å². The Balaban J connectivity index is 1.37. The van der Waals surface area contributed by atoms with Gasteiger partial charge in [0.25, 0.3) is 5.91 Å². The number of benzene rings is 2. The van der Waals surface area contributed by atoms with Gasteiger partial charge in [-0.1, -0.05) is 36.4 Å². The Morgan fingerprint density at radius 3 is 2.39 bits per heavy atom. The molecule has 7 N–H and O–H groups in total. The average molecular weight is 565 g/mol. The van der Waals surface area contributed by atoms with Gasteiger partial charge in [0, 0.05) is 36.9 Å². The van der Waals surface area contributed by atoms with Gasteiger partial charge in [-0.05, 0) is 49.4 Å². The first-order valence-corrected chi connectivity index (χ1v) is 14.1. The summed E-state index contributed by atoms with van der Waals surface area (Å²) in [6.45, 7) is 3.22. The minimum absolute atomic E-state index is 0.171. The van der Waals surface area contributed by atoms with Crippen molar-refractivity contribution in [2.24, 2.45) is 5.73 Å². The van der Waals surface area contributed by atoms with Gasteiger partial charge in [-0.2, -0.15) is 15.0 Å². The number of aliphatic hydroxyl groups is 1. The average Bonchev–Trinajstić information content (AvgIpc) is 2.99. The first-order valence-electron chi connectivity index (χ1n) is 14.1. The summed E-state index contributed by atoms with van der Waals surface area (Å²) < 4.78 is 10.7. The Hall–Kier alpha value is -3.84. The van der Waals surface area contributed by atoms with E-state index in [0.717, 1.165) is 31.2 Å². The highest BCUT2D eigenvalue weighted by Gasteiger charge is 2.20. The van der Waals surface area contributed by atoms with Crippen LogP contribution < -0.4 is 27.0 Å². The van der Waals surface area contributed by atoms with Gasteiger partial charge in [0.15, 0.2) is 0 Å². The number of ether oxygens (including phenoxy) is 2. The molecule has 1 aliphatic rings. The number of hydrogen-bond donors (Lipinski definition) is 6. The van der Waals surface area contributed by atoms with E-state index in [2.05, 4.69) is 36.2 Å². The number of aromatic nitrogens is 3. The zero-order valence-corrected chi connectivity index (χ0v) is 23.2. The van der Waals surface area contributed by atoms with Crippen molar-refractivity contribution in [1.82, 2.24) is 20.3 Å². The molecule has 1 fully saturated rings. The molecule has 0 atom stereocenters. The summed E-state index contributed by atoms with van der Waals surface area (Å²) in [5.74, 6) is 1.00. The summed E-state index contributed by atoms with van der Waals surface area (Å²) in [5, 5.41) is 22.6. The molecule has 41 heavy (non-hydrogen) atoms. The number of rotatable bonds is 16. The van der Waals surface area contributed by atoms with Crippen LogP contribution in [-0.4, -0.2) is 77.6 Å². The molecular weight excluding hydrogens is 524 g/mol. The first-order chi connectivity index (χ1) is 20.1. The second kappa shape index (κ2) is 16.4. The van der Waals surface area contributed by atoms with Crippen molar-refractivity contribution in [1.29, 1.82) is 0 Å². The predicted molar refractivity (Wildman–Crippen MR) is 158 cm³/mol. The van der Waals surface area contributed by atoms with E-state index in [0.29, 0.717) is 75.2 Å². The Labute approximate surface area is 240 Å². The SMILES string of the molecule is NCCOCCOCCNC(=O)c1cccc(Nc2nc(NCc3ccccc3)nc(NC3CCC(O)CC3)n2)c1. The third-order valence-electron chi connectivity index (χ3n) is 6.51. The van der Waals surface area contributed by atoms with E-state index in [1.54, 1.807) is 18.2 Å². The summed E-state index contributed by atoms with van der Waals surface area (Å²) in [6, 6.07) is 17.3.